The van der Waals surface area contributed by atoms with Gasteiger partial charge in [-0.3, -0.25) is 0 Å². The van der Waals surface area contributed by atoms with Crippen molar-refractivity contribution in [1.82, 2.24) is 19.5 Å². The van der Waals surface area contributed by atoms with Crippen molar-refractivity contribution in [3.8, 4) is 62.1 Å². The summed E-state index contributed by atoms with van der Waals surface area (Å²) in [5.41, 5.74) is 12.2. The largest absolute Gasteiger partial charge is 0.456 e. The van der Waals surface area contributed by atoms with Crippen LogP contribution in [-0.4, -0.2) is 19.5 Å². The summed E-state index contributed by atoms with van der Waals surface area (Å²) < 4.78 is 8.67. The van der Waals surface area contributed by atoms with E-state index in [4.69, 9.17) is 19.4 Å². The summed E-state index contributed by atoms with van der Waals surface area (Å²) >= 11 is 0. The predicted molar refractivity (Wildman–Crippen MR) is 229 cm³/mol. The molecule has 56 heavy (non-hydrogen) atoms. The lowest BCUT2D eigenvalue weighted by Gasteiger charge is -2.17. The van der Waals surface area contributed by atoms with Gasteiger partial charge in [0.1, 0.15) is 11.2 Å². The molecular formula is C51H32N4O. The van der Waals surface area contributed by atoms with Crippen LogP contribution in [-0.2, 0) is 0 Å². The standard InChI is InChI=1S/C51H32N4O/c1-3-14-33(15-4-1)35-18-13-19-36(30-35)39-28-26-37(31-46(39)55-44-23-10-7-20-40(44)41-21-8-11-24-45(41)55)50-52-49(34-16-5-2-6-17-34)53-51(54-50)38-27-29-43-42-22-9-12-25-47(42)56-48(43)32-38/h1-32H. The van der Waals surface area contributed by atoms with E-state index in [9.17, 15) is 0 Å². The highest BCUT2D eigenvalue weighted by atomic mass is 16.3. The molecule has 0 spiro atoms. The molecule has 0 amide bonds. The van der Waals surface area contributed by atoms with Gasteiger partial charge in [0.15, 0.2) is 17.5 Å². The van der Waals surface area contributed by atoms with Gasteiger partial charge in [-0.1, -0.05) is 152 Å². The van der Waals surface area contributed by atoms with Crippen LogP contribution in [0.2, 0.25) is 0 Å². The topological polar surface area (TPSA) is 56.7 Å². The molecule has 5 heteroatoms. The first-order chi connectivity index (χ1) is 27.7. The Labute approximate surface area is 322 Å². The number of hydrogen-bond acceptors (Lipinski definition) is 4. The average Bonchev–Trinajstić information content (AvgIpc) is 3.82. The third-order valence-electron chi connectivity index (χ3n) is 10.7. The van der Waals surface area contributed by atoms with Crippen molar-refractivity contribution < 1.29 is 4.42 Å². The summed E-state index contributed by atoms with van der Waals surface area (Å²) in [5, 5.41) is 4.55. The van der Waals surface area contributed by atoms with Crippen LogP contribution in [0.25, 0.3) is 106 Å². The highest BCUT2D eigenvalue weighted by molar-refractivity contribution is 6.10. The number of hydrogen-bond donors (Lipinski definition) is 0. The molecule has 0 N–H and O–H groups in total. The van der Waals surface area contributed by atoms with Gasteiger partial charge in [-0.25, -0.2) is 15.0 Å². The second kappa shape index (κ2) is 13.0. The number of nitrogens with zero attached hydrogens (tertiary/aromatic N) is 4. The molecule has 0 aliphatic rings. The predicted octanol–water partition coefficient (Wildman–Crippen LogP) is 13.2. The van der Waals surface area contributed by atoms with E-state index in [1.54, 1.807) is 0 Å². The minimum absolute atomic E-state index is 0.578. The first-order valence-corrected chi connectivity index (χ1v) is 18.8. The lowest BCUT2D eigenvalue weighted by atomic mass is 9.96. The summed E-state index contributed by atoms with van der Waals surface area (Å²) in [6.07, 6.45) is 0. The van der Waals surface area contributed by atoms with Gasteiger partial charge in [-0.2, -0.15) is 0 Å². The summed E-state index contributed by atoms with van der Waals surface area (Å²) in [6, 6.07) is 67.6. The lowest BCUT2D eigenvalue weighted by Crippen LogP contribution is -2.02. The van der Waals surface area contributed by atoms with Crippen molar-refractivity contribution in [2.75, 3.05) is 0 Å². The summed E-state index contributed by atoms with van der Waals surface area (Å²) in [6.45, 7) is 0. The van der Waals surface area contributed by atoms with Gasteiger partial charge < -0.3 is 8.98 Å². The van der Waals surface area contributed by atoms with Crippen molar-refractivity contribution in [1.29, 1.82) is 0 Å². The van der Waals surface area contributed by atoms with Crippen molar-refractivity contribution in [2.24, 2.45) is 0 Å². The molecule has 8 aromatic carbocycles. The molecular weight excluding hydrogens is 685 g/mol. The van der Waals surface area contributed by atoms with Gasteiger partial charge in [0, 0.05) is 43.8 Å². The highest BCUT2D eigenvalue weighted by Crippen LogP contribution is 2.39. The Hall–Kier alpha value is -7.63. The number of rotatable bonds is 6. The van der Waals surface area contributed by atoms with Crippen molar-refractivity contribution >= 4 is 43.7 Å². The zero-order chi connectivity index (χ0) is 37.0. The van der Waals surface area contributed by atoms with Crippen LogP contribution in [0.3, 0.4) is 0 Å². The van der Waals surface area contributed by atoms with E-state index in [2.05, 4.69) is 144 Å². The van der Waals surface area contributed by atoms with Crippen LogP contribution in [0.4, 0.5) is 0 Å². The third-order valence-corrected chi connectivity index (χ3v) is 10.7. The number of fused-ring (bicyclic) bond motifs is 6. The Morgan fingerprint density at radius 2 is 0.839 bits per heavy atom. The number of benzene rings is 8. The lowest BCUT2D eigenvalue weighted by molar-refractivity contribution is 0.669. The zero-order valence-corrected chi connectivity index (χ0v) is 30.2. The maximum Gasteiger partial charge on any atom is 0.164 e. The van der Waals surface area contributed by atoms with Crippen molar-refractivity contribution in [2.45, 2.75) is 0 Å². The van der Waals surface area contributed by atoms with Gasteiger partial charge in [-0.15, -0.1) is 0 Å². The second-order valence-corrected chi connectivity index (χ2v) is 14.0. The van der Waals surface area contributed by atoms with Crippen LogP contribution in [0, 0.1) is 0 Å². The minimum Gasteiger partial charge on any atom is -0.456 e. The monoisotopic (exact) mass is 716 g/mol. The second-order valence-electron chi connectivity index (χ2n) is 14.0. The van der Waals surface area contributed by atoms with Crippen LogP contribution >= 0.6 is 0 Å². The van der Waals surface area contributed by atoms with Crippen LogP contribution in [0.1, 0.15) is 0 Å². The molecule has 3 heterocycles. The van der Waals surface area contributed by atoms with E-state index >= 15 is 0 Å². The van der Waals surface area contributed by atoms with Crippen molar-refractivity contribution in [3.63, 3.8) is 0 Å². The molecule has 5 nitrogen and oxygen atoms in total. The van der Waals surface area contributed by atoms with Gasteiger partial charge in [0.2, 0.25) is 0 Å². The smallest absolute Gasteiger partial charge is 0.164 e. The minimum atomic E-state index is 0.578. The van der Waals surface area contributed by atoms with Gasteiger partial charge >= 0.3 is 0 Å². The Morgan fingerprint density at radius 3 is 1.55 bits per heavy atom. The Kier molecular flexibility index (Phi) is 7.42. The van der Waals surface area contributed by atoms with E-state index in [1.165, 1.54) is 16.3 Å². The molecule has 0 bridgehead atoms. The molecule has 11 rings (SSSR count). The van der Waals surface area contributed by atoms with E-state index in [0.29, 0.717) is 17.5 Å². The summed E-state index contributed by atoms with van der Waals surface area (Å²) in [5.74, 6) is 1.77. The molecule has 0 fully saturated rings. The summed E-state index contributed by atoms with van der Waals surface area (Å²) in [4.78, 5) is 15.4. The number of aromatic nitrogens is 4. The Balaban J connectivity index is 1.15. The Morgan fingerprint density at radius 1 is 0.321 bits per heavy atom. The molecule has 0 atom stereocenters. The molecule has 0 saturated carbocycles. The van der Waals surface area contributed by atoms with Crippen LogP contribution in [0.5, 0.6) is 0 Å². The van der Waals surface area contributed by atoms with E-state index in [1.807, 2.05) is 54.6 Å². The number of para-hydroxylation sites is 3. The van der Waals surface area contributed by atoms with Gasteiger partial charge in [0.05, 0.1) is 16.7 Å². The average molecular weight is 717 g/mol. The molecule has 0 unspecified atom stereocenters. The highest BCUT2D eigenvalue weighted by Gasteiger charge is 2.20. The Bertz CT molecular complexity index is 3200. The first kappa shape index (κ1) is 31.9. The normalized spacial score (nSPS) is 11.6. The maximum absolute atomic E-state index is 6.29. The van der Waals surface area contributed by atoms with Crippen LogP contribution < -0.4 is 0 Å². The first-order valence-electron chi connectivity index (χ1n) is 18.8. The summed E-state index contributed by atoms with van der Waals surface area (Å²) in [7, 11) is 0. The van der Waals surface area contributed by atoms with E-state index in [-0.39, 0.29) is 0 Å². The maximum atomic E-state index is 6.29. The molecule has 0 aliphatic carbocycles. The molecule has 0 radical (unpaired) electrons. The van der Waals surface area contributed by atoms with E-state index in [0.717, 1.165) is 72.0 Å². The fourth-order valence-corrected chi connectivity index (χ4v) is 7.99. The third kappa shape index (κ3) is 5.37. The molecule has 11 aromatic rings. The fourth-order valence-electron chi connectivity index (χ4n) is 7.99. The molecule has 0 saturated heterocycles. The zero-order valence-electron chi connectivity index (χ0n) is 30.2. The quantitative estimate of drug-likeness (QED) is 0.172. The molecule has 3 aromatic heterocycles. The SMILES string of the molecule is c1ccc(-c2cccc(-c3ccc(-c4nc(-c5ccccc5)nc(-c5ccc6c(c5)oc5ccccc56)n4)cc3-n3c4ccccc4c4ccccc43)c2)cc1. The van der Waals surface area contributed by atoms with Crippen LogP contribution in [0.15, 0.2) is 199 Å². The number of furan rings is 1. The van der Waals surface area contributed by atoms with Crippen molar-refractivity contribution in [3.05, 3.63) is 194 Å². The molecule has 262 valence electrons. The van der Waals surface area contributed by atoms with E-state index < -0.39 is 0 Å². The fraction of sp³-hybridized carbons (Fsp3) is 0. The molecule has 0 aliphatic heterocycles. The van der Waals surface area contributed by atoms with Gasteiger partial charge in [0.25, 0.3) is 0 Å². The van der Waals surface area contributed by atoms with Gasteiger partial charge in [-0.05, 0) is 59.2 Å².